The minimum atomic E-state index is -4.33. The summed E-state index contributed by atoms with van der Waals surface area (Å²) in [5.41, 5.74) is 6.34. The predicted molar refractivity (Wildman–Crippen MR) is 51.4 cm³/mol. The monoisotopic (exact) mass is 217 g/mol. The molecule has 0 atom stereocenters. The van der Waals surface area contributed by atoms with Crippen molar-refractivity contribution < 1.29 is 13.2 Å². The number of nitrogens with two attached hydrogens (primary N) is 1. The normalized spacial score (nSPS) is 14.4. The van der Waals surface area contributed by atoms with Crippen LogP contribution in [-0.4, -0.2) is 6.67 Å². The summed E-state index contributed by atoms with van der Waals surface area (Å²) < 4.78 is 37.5. The van der Waals surface area contributed by atoms with E-state index in [-0.39, 0.29) is 6.54 Å². The molecule has 82 valence electrons. The first-order chi connectivity index (χ1) is 7.02. The Balaban J connectivity index is 2.53. The molecule has 0 fully saturated rings. The largest absolute Gasteiger partial charge is 0.416 e. The maximum Gasteiger partial charge on any atom is 0.416 e. The molecule has 15 heavy (non-hydrogen) atoms. The number of rotatable bonds is 1. The lowest BCUT2D eigenvalue weighted by molar-refractivity contribution is -0.137. The van der Waals surface area contributed by atoms with E-state index in [1.165, 1.54) is 0 Å². The third kappa shape index (κ3) is 1.72. The zero-order chi connectivity index (χ0) is 11.1. The van der Waals surface area contributed by atoms with E-state index >= 15 is 0 Å². The van der Waals surface area contributed by atoms with Crippen molar-refractivity contribution in [2.24, 2.45) is 5.73 Å². The highest BCUT2D eigenvalue weighted by Crippen LogP contribution is 2.38. The Bertz CT molecular complexity index is 387. The van der Waals surface area contributed by atoms with Gasteiger partial charge in [-0.3, -0.25) is 0 Å². The van der Waals surface area contributed by atoms with Gasteiger partial charge >= 0.3 is 6.18 Å². The van der Waals surface area contributed by atoms with Crippen molar-refractivity contribution in [3.8, 4) is 0 Å². The minimum absolute atomic E-state index is 0.0843. The smallest absolute Gasteiger partial charge is 0.366 e. The lowest BCUT2D eigenvalue weighted by atomic mass is 10.1. The molecule has 0 radical (unpaired) electrons. The van der Waals surface area contributed by atoms with Gasteiger partial charge in [-0.15, -0.1) is 0 Å². The highest BCUT2D eigenvalue weighted by molar-refractivity contribution is 5.77. The van der Waals surface area contributed by atoms with Gasteiger partial charge in [-0.25, -0.2) is 0 Å². The van der Waals surface area contributed by atoms with E-state index in [0.717, 1.165) is 12.1 Å². The molecule has 0 aromatic heterocycles. The summed E-state index contributed by atoms with van der Waals surface area (Å²) in [5.74, 6) is 0. The second-order valence-electron chi connectivity index (χ2n) is 3.29. The van der Waals surface area contributed by atoms with E-state index in [0.29, 0.717) is 23.6 Å². The molecule has 0 amide bonds. The number of nitrogens with one attached hydrogen (secondary N) is 2. The molecule has 1 aromatic rings. The van der Waals surface area contributed by atoms with Crippen LogP contribution in [0.4, 0.5) is 24.5 Å². The van der Waals surface area contributed by atoms with Crippen molar-refractivity contribution in [3.63, 3.8) is 0 Å². The van der Waals surface area contributed by atoms with Crippen LogP contribution < -0.4 is 16.4 Å². The van der Waals surface area contributed by atoms with Gasteiger partial charge in [0.25, 0.3) is 0 Å². The van der Waals surface area contributed by atoms with Crippen molar-refractivity contribution >= 4 is 11.4 Å². The van der Waals surface area contributed by atoms with Crippen molar-refractivity contribution in [2.75, 3.05) is 17.3 Å². The average molecular weight is 217 g/mol. The topological polar surface area (TPSA) is 50.1 Å². The average Bonchev–Trinajstić information content (AvgIpc) is 2.62. The van der Waals surface area contributed by atoms with Crippen LogP contribution in [0.5, 0.6) is 0 Å². The Kier molecular flexibility index (Phi) is 2.22. The first-order valence-corrected chi connectivity index (χ1v) is 4.44. The van der Waals surface area contributed by atoms with Gasteiger partial charge in [0.15, 0.2) is 0 Å². The summed E-state index contributed by atoms with van der Waals surface area (Å²) in [4.78, 5) is 0. The summed E-state index contributed by atoms with van der Waals surface area (Å²) in [7, 11) is 0. The zero-order valence-corrected chi connectivity index (χ0v) is 7.78. The van der Waals surface area contributed by atoms with Gasteiger partial charge in [-0.2, -0.15) is 13.2 Å². The first kappa shape index (κ1) is 10.1. The zero-order valence-electron chi connectivity index (χ0n) is 7.78. The Hall–Kier alpha value is -1.43. The number of benzene rings is 1. The SMILES string of the molecule is NCc1cc(C(F)(F)F)cc2c1NCN2. The van der Waals surface area contributed by atoms with Gasteiger partial charge in [0.1, 0.15) is 0 Å². The van der Waals surface area contributed by atoms with E-state index in [9.17, 15) is 13.2 Å². The van der Waals surface area contributed by atoms with Gasteiger partial charge in [0, 0.05) is 6.54 Å². The molecular weight excluding hydrogens is 207 g/mol. The van der Waals surface area contributed by atoms with Crippen LogP contribution in [-0.2, 0) is 12.7 Å². The van der Waals surface area contributed by atoms with Gasteiger partial charge in [0.05, 0.1) is 23.6 Å². The summed E-state index contributed by atoms with van der Waals surface area (Å²) >= 11 is 0. The van der Waals surface area contributed by atoms with E-state index in [1.807, 2.05) is 0 Å². The van der Waals surface area contributed by atoms with Crippen LogP contribution in [0, 0.1) is 0 Å². The van der Waals surface area contributed by atoms with Gasteiger partial charge < -0.3 is 16.4 Å². The molecule has 1 aromatic carbocycles. The van der Waals surface area contributed by atoms with E-state index in [2.05, 4.69) is 10.6 Å². The second-order valence-corrected chi connectivity index (χ2v) is 3.29. The predicted octanol–water partition coefficient (Wildman–Crippen LogP) is 1.96. The Morgan fingerprint density at radius 3 is 2.60 bits per heavy atom. The van der Waals surface area contributed by atoms with Gasteiger partial charge in [0.2, 0.25) is 0 Å². The molecule has 0 spiro atoms. The molecule has 4 N–H and O–H groups in total. The van der Waals surface area contributed by atoms with E-state index in [4.69, 9.17) is 5.73 Å². The summed E-state index contributed by atoms with van der Waals surface area (Å²) in [6.45, 7) is 0.518. The number of anilines is 2. The van der Waals surface area contributed by atoms with Crippen LogP contribution in [0.3, 0.4) is 0 Å². The Labute approximate surface area is 84.5 Å². The Morgan fingerprint density at radius 1 is 1.27 bits per heavy atom. The van der Waals surface area contributed by atoms with E-state index in [1.54, 1.807) is 0 Å². The summed E-state index contributed by atoms with van der Waals surface area (Å²) in [6.07, 6.45) is -4.33. The molecule has 0 aliphatic carbocycles. The van der Waals surface area contributed by atoms with Crippen LogP contribution in [0.15, 0.2) is 12.1 Å². The first-order valence-electron chi connectivity index (χ1n) is 4.44. The van der Waals surface area contributed by atoms with Crippen LogP contribution in [0.25, 0.3) is 0 Å². The van der Waals surface area contributed by atoms with E-state index < -0.39 is 11.7 Å². The molecule has 0 saturated heterocycles. The third-order valence-electron chi connectivity index (χ3n) is 2.31. The summed E-state index contributed by atoms with van der Waals surface area (Å²) in [6, 6.07) is 2.17. The quantitative estimate of drug-likeness (QED) is 0.674. The van der Waals surface area contributed by atoms with Crippen LogP contribution in [0.1, 0.15) is 11.1 Å². The maximum absolute atomic E-state index is 12.5. The van der Waals surface area contributed by atoms with Crippen molar-refractivity contribution in [1.29, 1.82) is 0 Å². The fourth-order valence-corrected chi connectivity index (χ4v) is 1.60. The molecule has 2 rings (SSSR count). The molecule has 1 aliphatic rings. The fraction of sp³-hybridized carbons (Fsp3) is 0.333. The number of halogens is 3. The standard InChI is InChI=1S/C9H10F3N3/c10-9(11,12)6-1-5(3-13)8-7(2-6)14-4-15-8/h1-2,14-15H,3-4,13H2. The third-order valence-corrected chi connectivity index (χ3v) is 2.31. The van der Waals surface area contributed by atoms with Crippen molar-refractivity contribution in [1.82, 2.24) is 0 Å². The molecule has 3 nitrogen and oxygen atoms in total. The van der Waals surface area contributed by atoms with Gasteiger partial charge in [-0.05, 0) is 17.7 Å². The molecule has 0 saturated carbocycles. The molecule has 0 bridgehead atoms. The van der Waals surface area contributed by atoms with Crippen molar-refractivity contribution in [3.05, 3.63) is 23.3 Å². The molecule has 6 heteroatoms. The number of fused-ring (bicyclic) bond motifs is 1. The molecule has 1 aliphatic heterocycles. The van der Waals surface area contributed by atoms with Crippen LogP contribution in [0.2, 0.25) is 0 Å². The van der Waals surface area contributed by atoms with Crippen LogP contribution >= 0.6 is 0 Å². The highest BCUT2D eigenvalue weighted by atomic mass is 19.4. The molecule has 0 unspecified atom stereocenters. The molecular formula is C9H10F3N3. The number of alkyl halides is 3. The highest BCUT2D eigenvalue weighted by Gasteiger charge is 2.32. The Morgan fingerprint density at radius 2 is 2.00 bits per heavy atom. The second kappa shape index (κ2) is 3.30. The number of hydrogen-bond donors (Lipinski definition) is 3. The molecule has 1 heterocycles. The lowest BCUT2D eigenvalue weighted by Gasteiger charge is -2.12. The van der Waals surface area contributed by atoms with Crippen molar-refractivity contribution in [2.45, 2.75) is 12.7 Å². The lowest BCUT2D eigenvalue weighted by Crippen LogP contribution is -2.08. The number of hydrogen-bond acceptors (Lipinski definition) is 3. The van der Waals surface area contributed by atoms with Gasteiger partial charge in [-0.1, -0.05) is 0 Å². The fourth-order valence-electron chi connectivity index (χ4n) is 1.60. The maximum atomic E-state index is 12.5. The summed E-state index contributed by atoms with van der Waals surface area (Å²) in [5, 5.41) is 5.76. The minimum Gasteiger partial charge on any atom is -0.366 e.